The second kappa shape index (κ2) is 7.28. The lowest BCUT2D eigenvalue weighted by atomic mass is 10.6. The summed E-state index contributed by atoms with van der Waals surface area (Å²) in [6, 6.07) is 0. The first kappa shape index (κ1) is 10.2. The van der Waals surface area contributed by atoms with Gasteiger partial charge in [-0.25, -0.2) is 4.98 Å². The number of nitrogens with zero attached hydrogens (tertiary/aromatic N) is 2. The zero-order chi connectivity index (χ0) is 8.53. The van der Waals surface area contributed by atoms with Gasteiger partial charge in [-0.05, 0) is 7.05 Å². The summed E-state index contributed by atoms with van der Waals surface area (Å²) >= 11 is 0. The maximum Gasteiger partial charge on any atom is 0.0946 e. The zero-order valence-electron chi connectivity index (χ0n) is 7.54. The van der Waals surface area contributed by atoms with Crippen molar-refractivity contribution >= 4 is 0 Å². The van der Waals surface area contributed by atoms with E-state index in [1.807, 2.05) is 38.0 Å². The van der Waals surface area contributed by atoms with E-state index in [4.69, 9.17) is 0 Å². The Morgan fingerprint density at radius 1 is 1.45 bits per heavy atom. The minimum Gasteiger partial charge on any atom is -0.336 e. The van der Waals surface area contributed by atoms with Gasteiger partial charge in [0.15, 0.2) is 0 Å². The van der Waals surface area contributed by atoms with Gasteiger partial charge in [0.25, 0.3) is 0 Å². The van der Waals surface area contributed by atoms with Gasteiger partial charge in [0.05, 0.1) is 6.33 Å². The summed E-state index contributed by atoms with van der Waals surface area (Å²) in [5, 5.41) is 3.06. The first-order valence-corrected chi connectivity index (χ1v) is 4.04. The molecule has 1 aromatic rings. The molecule has 3 nitrogen and oxygen atoms in total. The molecule has 11 heavy (non-hydrogen) atoms. The van der Waals surface area contributed by atoms with Crippen molar-refractivity contribution in [1.29, 1.82) is 0 Å². The van der Waals surface area contributed by atoms with Crippen molar-refractivity contribution in [3.8, 4) is 0 Å². The molecule has 0 saturated heterocycles. The highest BCUT2D eigenvalue weighted by Gasteiger charge is 1.84. The summed E-state index contributed by atoms with van der Waals surface area (Å²) in [6.45, 7) is 5.99. The van der Waals surface area contributed by atoms with Gasteiger partial charge in [0, 0.05) is 25.5 Å². The third-order valence-corrected chi connectivity index (χ3v) is 1.18. The monoisotopic (exact) mass is 155 g/mol. The quantitative estimate of drug-likeness (QED) is 0.709. The van der Waals surface area contributed by atoms with Gasteiger partial charge in [-0.2, -0.15) is 0 Å². The molecular weight excluding hydrogens is 138 g/mol. The van der Waals surface area contributed by atoms with E-state index in [1.54, 1.807) is 6.20 Å². The van der Waals surface area contributed by atoms with Crippen molar-refractivity contribution in [1.82, 2.24) is 14.9 Å². The van der Waals surface area contributed by atoms with Gasteiger partial charge in [0.1, 0.15) is 0 Å². The molecule has 0 atom stereocenters. The van der Waals surface area contributed by atoms with E-state index >= 15 is 0 Å². The molecule has 0 unspecified atom stereocenters. The third kappa shape index (κ3) is 4.56. The molecule has 0 radical (unpaired) electrons. The molecule has 1 N–H and O–H groups in total. The van der Waals surface area contributed by atoms with Crippen LogP contribution >= 0.6 is 0 Å². The molecule has 1 rings (SSSR count). The van der Waals surface area contributed by atoms with Crippen LogP contribution in [0.15, 0.2) is 18.7 Å². The zero-order valence-corrected chi connectivity index (χ0v) is 7.54. The Labute approximate surface area is 68.5 Å². The fourth-order valence-electron chi connectivity index (χ4n) is 0.660. The van der Waals surface area contributed by atoms with Crippen LogP contribution in [0.3, 0.4) is 0 Å². The Balaban J connectivity index is 0.000000461. The Morgan fingerprint density at radius 2 is 2.18 bits per heavy atom. The fourth-order valence-corrected chi connectivity index (χ4v) is 0.660. The van der Waals surface area contributed by atoms with Crippen molar-refractivity contribution < 1.29 is 0 Å². The molecule has 0 amide bonds. The van der Waals surface area contributed by atoms with E-state index in [1.165, 1.54) is 0 Å². The van der Waals surface area contributed by atoms with Gasteiger partial charge < -0.3 is 9.88 Å². The molecule has 1 aromatic heterocycles. The van der Waals surface area contributed by atoms with Crippen molar-refractivity contribution in [3.05, 3.63) is 18.7 Å². The predicted molar refractivity (Wildman–Crippen MR) is 47.5 cm³/mol. The summed E-state index contributed by atoms with van der Waals surface area (Å²) in [4.78, 5) is 3.91. The lowest BCUT2D eigenvalue weighted by molar-refractivity contribution is 0.644. The second-order valence-corrected chi connectivity index (χ2v) is 1.90. The highest BCUT2D eigenvalue weighted by atomic mass is 15.0. The molecule has 0 fully saturated rings. The molecule has 64 valence electrons. The highest BCUT2D eigenvalue weighted by Crippen LogP contribution is 1.82. The van der Waals surface area contributed by atoms with Crippen LogP contribution in [0.4, 0.5) is 0 Å². The van der Waals surface area contributed by atoms with Crippen molar-refractivity contribution in [2.45, 2.75) is 20.4 Å². The number of hydrogen-bond donors (Lipinski definition) is 1. The Morgan fingerprint density at radius 3 is 2.64 bits per heavy atom. The first-order valence-electron chi connectivity index (χ1n) is 4.04. The maximum atomic E-state index is 3.91. The van der Waals surface area contributed by atoms with Gasteiger partial charge in [0.2, 0.25) is 0 Å². The van der Waals surface area contributed by atoms with Gasteiger partial charge >= 0.3 is 0 Å². The Kier molecular flexibility index (Phi) is 6.73. The van der Waals surface area contributed by atoms with Crippen LogP contribution in [-0.2, 0) is 6.54 Å². The van der Waals surface area contributed by atoms with Crippen molar-refractivity contribution in [3.63, 3.8) is 0 Å². The van der Waals surface area contributed by atoms with Crippen LogP contribution in [0.25, 0.3) is 0 Å². The largest absolute Gasteiger partial charge is 0.336 e. The van der Waals surface area contributed by atoms with Crippen LogP contribution in [0.2, 0.25) is 0 Å². The minimum absolute atomic E-state index is 0.996. The standard InChI is InChI=1S/C6H11N3.C2H6/c1-7-2-4-9-5-3-8-6-9;1-2/h3,5-7H,2,4H2,1H3;1-2H3. The maximum absolute atomic E-state index is 3.91. The molecule has 0 saturated carbocycles. The first-order chi connectivity index (χ1) is 5.43. The van der Waals surface area contributed by atoms with Crippen molar-refractivity contribution in [2.24, 2.45) is 0 Å². The normalized spacial score (nSPS) is 8.64. The molecule has 0 aliphatic carbocycles. The second-order valence-electron chi connectivity index (χ2n) is 1.90. The molecule has 1 heterocycles. The summed E-state index contributed by atoms with van der Waals surface area (Å²) in [5.41, 5.74) is 0. The lowest BCUT2D eigenvalue weighted by Gasteiger charge is -1.98. The van der Waals surface area contributed by atoms with Crippen LogP contribution in [0.1, 0.15) is 13.8 Å². The van der Waals surface area contributed by atoms with E-state index in [9.17, 15) is 0 Å². The summed E-state index contributed by atoms with van der Waals surface area (Å²) in [5.74, 6) is 0. The number of aromatic nitrogens is 2. The summed E-state index contributed by atoms with van der Waals surface area (Å²) in [6.07, 6.45) is 5.56. The molecule has 0 aliphatic heterocycles. The van der Waals surface area contributed by atoms with E-state index in [0.717, 1.165) is 13.1 Å². The smallest absolute Gasteiger partial charge is 0.0946 e. The topological polar surface area (TPSA) is 29.9 Å². The summed E-state index contributed by atoms with van der Waals surface area (Å²) in [7, 11) is 1.94. The van der Waals surface area contributed by atoms with E-state index in [0.29, 0.717) is 0 Å². The highest BCUT2D eigenvalue weighted by molar-refractivity contribution is 4.73. The third-order valence-electron chi connectivity index (χ3n) is 1.18. The van der Waals surface area contributed by atoms with Crippen LogP contribution in [-0.4, -0.2) is 23.1 Å². The Bertz CT molecular complexity index is 146. The van der Waals surface area contributed by atoms with E-state index in [-0.39, 0.29) is 0 Å². The fraction of sp³-hybridized carbons (Fsp3) is 0.625. The number of likely N-dealkylation sites (N-methyl/N-ethyl adjacent to an activating group) is 1. The molecular formula is C8H17N3. The average Bonchev–Trinajstić information content (AvgIpc) is 2.57. The molecule has 0 spiro atoms. The molecule has 0 bridgehead atoms. The van der Waals surface area contributed by atoms with Gasteiger partial charge in [-0.15, -0.1) is 0 Å². The molecule has 0 aromatic carbocycles. The summed E-state index contributed by atoms with van der Waals surface area (Å²) < 4.78 is 2.04. The van der Waals surface area contributed by atoms with Crippen LogP contribution < -0.4 is 5.32 Å². The van der Waals surface area contributed by atoms with Crippen molar-refractivity contribution in [2.75, 3.05) is 13.6 Å². The predicted octanol–water partition coefficient (Wildman–Crippen LogP) is 1.13. The van der Waals surface area contributed by atoms with Crippen LogP contribution in [0, 0.1) is 0 Å². The van der Waals surface area contributed by atoms with Gasteiger partial charge in [-0.1, -0.05) is 13.8 Å². The number of nitrogens with one attached hydrogen (secondary N) is 1. The lowest BCUT2D eigenvalue weighted by Crippen LogP contribution is -2.13. The molecule has 3 heteroatoms. The van der Waals surface area contributed by atoms with Crippen LogP contribution in [0.5, 0.6) is 0 Å². The molecule has 0 aliphatic rings. The van der Waals surface area contributed by atoms with E-state index < -0.39 is 0 Å². The number of hydrogen-bond acceptors (Lipinski definition) is 2. The van der Waals surface area contributed by atoms with E-state index in [2.05, 4.69) is 10.3 Å². The minimum atomic E-state index is 0.996. The number of rotatable bonds is 3. The SMILES string of the molecule is CC.CNCCn1ccnc1. The average molecular weight is 155 g/mol. The number of imidazole rings is 1. The van der Waals surface area contributed by atoms with Gasteiger partial charge in [-0.3, -0.25) is 0 Å². The Hall–Kier alpha value is -0.830.